The van der Waals surface area contributed by atoms with Crippen LogP contribution in [0.2, 0.25) is 0 Å². The second kappa shape index (κ2) is 7.55. The van der Waals surface area contributed by atoms with Gasteiger partial charge in [-0.3, -0.25) is 4.79 Å². The molecule has 0 amide bonds. The zero-order valence-corrected chi connectivity index (χ0v) is 14.4. The Labute approximate surface area is 137 Å². The Bertz CT molecular complexity index is 535. The quantitative estimate of drug-likeness (QED) is 0.747. The fourth-order valence-corrected chi connectivity index (χ4v) is 3.30. The van der Waals surface area contributed by atoms with E-state index in [-0.39, 0.29) is 17.9 Å². The Kier molecular flexibility index (Phi) is 5.71. The fourth-order valence-electron chi connectivity index (χ4n) is 3.30. The third kappa shape index (κ3) is 3.52. The largest absolute Gasteiger partial charge is 0.496 e. The van der Waals surface area contributed by atoms with Gasteiger partial charge in [0, 0.05) is 29.7 Å². The molecule has 23 heavy (non-hydrogen) atoms. The Morgan fingerprint density at radius 2 is 1.74 bits per heavy atom. The SMILES string of the molecule is COC(=O)CC1C(c2c(OC)cc(OC)cc2OC)CCN1C. The number of benzene rings is 1. The maximum Gasteiger partial charge on any atom is 0.307 e. The van der Waals surface area contributed by atoms with Crippen LogP contribution in [0, 0.1) is 0 Å². The topological polar surface area (TPSA) is 57.2 Å². The van der Waals surface area contributed by atoms with Crippen molar-refractivity contribution < 1.29 is 23.7 Å². The monoisotopic (exact) mass is 323 g/mol. The van der Waals surface area contributed by atoms with Crippen molar-refractivity contribution in [2.75, 3.05) is 42.0 Å². The van der Waals surface area contributed by atoms with Gasteiger partial charge in [-0.25, -0.2) is 0 Å². The van der Waals surface area contributed by atoms with Gasteiger partial charge in [-0.05, 0) is 20.0 Å². The number of nitrogens with zero attached hydrogens (tertiary/aromatic N) is 1. The van der Waals surface area contributed by atoms with Gasteiger partial charge < -0.3 is 23.8 Å². The highest BCUT2D eigenvalue weighted by Crippen LogP contribution is 2.45. The van der Waals surface area contributed by atoms with Crippen LogP contribution >= 0.6 is 0 Å². The number of carbonyl (C=O) groups excluding carboxylic acids is 1. The molecular formula is C17H25NO5. The smallest absolute Gasteiger partial charge is 0.307 e. The molecule has 1 aliphatic heterocycles. The van der Waals surface area contributed by atoms with Crippen molar-refractivity contribution in [3.05, 3.63) is 17.7 Å². The van der Waals surface area contributed by atoms with Gasteiger partial charge in [0.2, 0.25) is 0 Å². The summed E-state index contributed by atoms with van der Waals surface area (Å²) in [6.07, 6.45) is 1.27. The molecule has 0 N–H and O–H groups in total. The zero-order chi connectivity index (χ0) is 17.0. The molecule has 6 nitrogen and oxygen atoms in total. The molecule has 1 aliphatic rings. The maximum atomic E-state index is 11.8. The van der Waals surface area contributed by atoms with Gasteiger partial charge in [0.15, 0.2) is 0 Å². The van der Waals surface area contributed by atoms with E-state index in [9.17, 15) is 4.79 Å². The van der Waals surface area contributed by atoms with Gasteiger partial charge in [0.05, 0.1) is 34.9 Å². The van der Waals surface area contributed by atoms with E-state index < -0.39 is 0 Å². The minimum absolute atomic E-state index is 0.0543. The van der Waals surface area contributed by atoms with Crippen LogP contribution in [-0.2, 0) is 9.53 Å². The van der Waals surface area contributed by atoms with Crippen LogP contribution in [0.4, 0.5) is 0 Å². The number of likely N-dealkylation sites (N-methyl/N-ethyl adjacent to an activating group) is 1. The van der Waals surface area contributed by atoms with E-state index in [1.165, 1.54) is 7.11 Å². The standard InChI is InChI=1S/C17H25NO5/c1-18-7-6-12(13(18)10-16(19)23-5)17-14(21-3)8-11(20-2)9-15(17)22-4/h8-9,12-13H,6-7,10H2,1-5H3. The van der Waals surface area contributed by atoms with Crippen molar-refractivity contribution in [2.24, 2.45) is 0 Å². The number of ether oxygens (including phenoxy) is 4. The minimum Gasteiger partial charge on any atom is -0.496 e. The van der Waals surface area contributed by atoms with Crippen molar-refractivity contribution in [2.45, 2.75) is 24.8 Å². The summed E-state index contributed by atoms with van der Waals surface area (Å²) in [7, 11) is 8.31. The number of likely N-dealkylation sites (tertiary alicyclic amines) is 1. The summed E-state index contributed by atoms with van der Waals surface area (Å²) in [5.41, 5.74) is 0.981. The lowest BCUT2D eigenvalue weighted by atomic mass is 9.88. The molecule has 0 spiro atoms. The van der Waals surface area contributed by atoms with Crippen molar-refractivity contribution >= 4 is 5.97 Å². The third-order valence-electron chi connectivity index (χ3n) is 4.55. The molecule has 1 aromatic carbocycles. The summed E-state index contributed by atoms with van der Waals surface area (Å²) in [6, 6.07) is 3.76. The van der Waals surface area contributed by atoms with Crippen LogP contribution in [-0.4, -0.2) is 58.9 Å². The first-order valence-corrected chi connectivity index (χ1v) is 7.62. The molecule has 0 aromatic heterocycles. The molecule has 2 unspecified atom stereocenters. The summed E-state index contributed by atoms with van der Waals surface area (Å²) in [6.45, 7) is 0.907. The average Bonchev–Trinajstić information content (AvgIpc) is 2.93. The molecule has 0 aliphatic carbocycles. The van der Waals surface area contributed by atoms with Gasteiger partial charge in [0.25, 0.3) is 0 Å². The van der Waals surface area contributed by atoms with Crippen LogP contribution in [0.15, 0.2) is 12.1 Å². The van der Waals surface area contributed by atoms with Crippen molar-refractivity contribution in [1.29, 1.82) is 0 Å². The van der Waals surface area contributed by atoms with Crippen molar-refractivity contribution in [1.82, 2.24) is 4.90 Å². The summed E-state index contributed by atoms with van der Waals surface area (Å²) in [4.78, 5) is 14.0. The Hall–Kier alpha value is -1.95. The van der Waals surface area contributed by atoms with Crippen LogP contribution in [0.25, 0.3) is 0 Å². The maximum absolute atomic E-state index is 11.8. The summed E-state index contributed by atoms with van der Waals surface area (Å²) in [5.74, 6) is 2.04. The van der Waals surface area contributed by atoms with Crippen LogP contribution in [0.1, 0.15) is 24.3 Å². The Balaban J connectivity index is 2.44. The normalized spacial score (nSPS) is 21.1. The van der Waals surface area contributed by atoms with Crippen molar-refractivity contribution in [3.63, 3.8) is 0 Å². The van der Waals surface area contributed by atoms with Gasteiger partial charge in [0.1, 0.15) is 17.2 Å². The van der Waals surface area contributed by atoms with Gasteiger partial charge in [-0.2, -0.15) is 0 Å². The molecule has 1 saturated heterocycles. The second-order valence-corrected chi connectivity index (χ2v) is 5.67. The van der Waals surface area contributed by atoms with E-state index >= 15 is 0 Å². The lowest BCUT2D eigenvalue weighted by Gasteiger charge is -2.27. The number of hydrogen-bond acceptors (Lipinski definition) is 6. The highest BCUT2D eigenvalue weighted by molar-refractivity contribution is 5.70. The van der Waals surface area contributed by atoms with Gasteiger partial charge in [-0.1, -0.05) is 0 Å². The first-order valence-electron chi connectivity index (χ1n) is 7.62. The predicted octanol–water partition coefficient (Wildman–Crippen LogP) is 2.06. The first kappa shape index (κ1) is 17.4. The fraction of sp³-hybridized carbons (Fsp3) is 0.588. The first-order chi connectivity index (χ1) is 11.0. The summed E-state index contributed by atoms with van der Waals surface area (Å²) < 4.78 is 21.3. The zero-order valence-electron chi connectivity index (χ0n) is 14.4. The van der Waals surface area contributed by atoms with E-state index in [1.807, 2.05) is 19.2 Å². The predicted molar refractivity (Wildman–Crippen MR) is 86.5 cm³/mol. The highest BCUT2D eigenvalue weighted by Gasteiger charge is 2.38. The molecule has 128 valence electrons. The highest BCUT2D eigenvalue weighted by atomic mass is 16.5. The molecule has 2 atom stereocenters. The number of methoxy groups -OCH3 is 4. The van der Waals surface area contributed by atoms with Crippen LogP contribution < -0.4 is 14.2 Å². The molecule has 1 heterocycles. The van der Waals surface area contributed by atoms with E-state index in [0.717, 1.165) is 30.0 Å². The average molecular weight is 323 g/mol. The number of rotatable bonds is 6. The minimum atomic E-state index is -0.208. The van der Waals surface area contributed by atoms with Crippen LogP contribution in [0.3, 0.4) is 0 Å². The van der Waals surface area contributed by atoms with E-state index in [1.54, 1.807) is 21.3 Å². The molecule has 2 rings (SSSR count). The molecule has 6 heteroatoms. The molecule has 1 fully saturated rings. The molecule has 1 aromatic rings. The number of esters is 1. The molecule has 0 saturated carbocycles. The molecular weight excluding hydrogens is 298 g/mol. The molecule has 0 bridgehead atoms. The van der Waals surface area contributed by atoms with E-state index in [4.69, 9.17) is 18.9 Å². The van der Waals surface area contributed by atoms with E-state index in [0.29, 0.717) is 12.2 Å². The third-order valence-corrected chi connectivity index (χ3v) is 4.55. The van der Waals surface area contributed by atoms with Gasteiger partial charge >= 0.3 is 5.97 Å². The number of carbonyl (C=O) groups is 1. The Morgan fingerprint density at radius 3 is 2.22 bits per heavy atom. The van der Waals surface area contributed by atoms with Crippen molar-refractivity contribution in [3.8, 4) is 17.2 Å². The molecule has 0 radical (unpaired) electrons. The van der Waals surface area contributed by atoms with Gasteiger partial charge in [-0.15, -0.1) is 0 Å². The number of hydrogen-bond donors (Lipinski definition) is 0. The van der Waals surface area contributed by atoms with E-state index in [2.05, 4.69) is 4.90 Å². The summed E-state index contributed by atoms with van der Waals surface area (Å²) in [5, 5.41) is 0. The Morgan fingerprint density at radius 1 is 1.13 bits per heavy atom. The van der Waals surface area contributed by atoms with Crippen LogP contribution in [0.5, 0.6) is 17.2 Å². The second-order valence-electron chi connectivity index (χ2n) is 5.67. The lowest BCUT2D eigenvalue weighted by Crippen LogP contribution is -2.31. The lowest BCUT2D eigenvalue weighted by molar-refractivity contribution is -0.141. The summed E-state index contributed by atoms with van der Waals surface area (Å²) >= 11 is 0.